The molecule has 4 aromatic rings. The van der Waals surface area contributed by atoms with Crippen molar-refractivity contribution in [3.63, 3.8) is 0 Å². The summed E-state index contributed by atoms with van der Waals surface area (Å²) < 4.78 is 50.8. The summed E-state index contributed by atoms with van der Waals surface area (Å²) in [5.74, 6) is 0.273. The molecule has 0 saturated heterocycles. The first-order chi connectivity index (χ1) is 19.4. The van der Waals surface area contributed by atoms with Crippen molar-refractivity contribution in [1.29, 1.82) is 0 Å². The predicted octanol–water partition coefficient (Wildman–Crippen LogP) is 5.36. The molecule has 0 radical (unpaired) electrons. The zero-order chi connectivity index (χ0) is 28.4. The molecule has 2 aromatic heterocycles. The van der Waals surface area contributed by atoms with E-state index in [1.165, 1.54) is 33.5 Å². The molecule has 1 aliphatic heterocycles. The van der Waals surface area contributed by atoms with Crippen molar-refractivity contribution in [3.05, 3.63) is 83.1 Å². The Bertz CT molecular complexity index is 1580. The lowest BCUT2D eigenvalue weighted by Crippen LogP contribution is -2.24. The van der Waals surface area contributed by atoms with Gasteiger partial charge < -0.3 is 29.2 Å². The van der Waals surface area contributed by atoms with Gasteiger partial charge in [-0.1, -0.05) is 6.07 Å². The Morgan fingerprint density at radius 1 is 0.850 bits per heavy atom. The zero-order valence-corrected chi connectivity index (χ0v) is 22.2. The number of carbonyl (C=O) groups is 1. The van der Waals surface area contributed by atoms with Gasteiger partial charge in [-0.25, -0.2) is 13.8 Å². The number of halogens is 2. The molecule has 9 nitrogen and oxygen atoms in total. The molecule has 0 bridgehead atoms. The van der Waals surface area contributed by atoms with Gasteiger partial charge in [0, 0.05) is 11.6 Å². The average Bonchev–Trinajstić information content (AvgIpc) is 3.27. The molecule has 3 heterocycles. The van der Waals surface area contributed by atoms with E-state index in [4.69, 9.17) is 18.9 Å². The molecule has 0 fully saturated rings. The maximum atomic E-state index is 14.8. The lowest BCUT2D eigenvalue weighted by atomic mass is 10.1. The van der Waals surface area contributed by atoms with Crippen LogP contribution in [0.2, 0.25) is 0 Å². The van der Waals surface area contributed by atoms with Gasteiger partial charge in [-0.15, -0.1) is 0 Å². The Kier molecular flexibility index (Phi) is 7.37. The Morgan fingerprint density at radius 2 is 1.60 bits per heavy atom. The normalized spacial score (nSPS) is 12.2. The van der Waals surface area contributed by atoms with Crippen LogP contribution >= 0.6 is 0 Å². The number of fused-ring (bicyclic) bond motifs is 1. The number of aromatic nitrogens is 2. The quantitative estimate of drug-likeness (QED) is 0.299. The number of amides is 1. The molecule has 5 rings (SSSR count). The van der Waals surface area contributed by atoms with Crippen LogP contribution in [0, 0.1) is 11.6 Å². The first kappa shape index (κ1) is 26.7. The third-order valence-corrected chi connectivity index (χ3v) is 6.51. The summed E-state index contributed by atoms with van der Waals surface area (Å²) in [6.45, 7) is 0.321. The van der Waals surface area contributed by atoms with Crippen LogP contribution in [-0.4, -0.2) is 49.2 Å². The second kappa shape index (κ2) is 11.0. The fourth-order valence-electron chi connectivity index (χ4n) is 4.58. The summed E-state index contributed by atoms with van der Waals surface area (Å²) in [5, 5.41) is 3.11. The van der Waals surface area contributed by atoms with Crippen molar-refractivity contribution in [3.8, 4) is 34.4 Å². The van der Waals surface area contributed by atoms with Gasteiger partial charge in [0.15, 0.2) is 5.75 Å². The van der Waals surface area contributed by atoms with Gasteiger partial charge in [0.2, 0.25) is 0 Å². The number of nitrogens with one attached hydrogen (secondary N) is 1. The number of anilines is 2. The Hall–Kier alpha value is -4.93. The molecule has 0 atom stereocenters. The van der Waals surface area contributed by atoms with Crippen LogP contribution in [0.25, 0.3) is 11.3 Å². The first-order valence-electron chi connectivity index (χ1n) is 12.2. The molecule has 0 saturated carbocycles. The largest absolute Gasteiger partial charge is 0.497 e. The molecular weight excluding hydrogens is 522 g/mol. The first-order valence-corrected chi connectivity index (χ1v) is 12.2. The highest BCUT2D eigenvalue weighted by atomic mass is 19.1. The van der Waals surface area contributed by atoms with Crippen molar-refractivity contribution >= 4 is 17.4 Å². The molecule has 0 unspecified atom stereocenters. The third kappa shape index (κ3) is 4.93. The highest BCUT2D eigenvalue weighted by Gasteiger charge is 2.33. The summed E-state index contributed by atoms with van der Waals surface area (Å²) in [6.07, 6.45) is 0. The van der Waals surface area contributed by atoms with Crippen LogP contribution in [0.4, 0.5) is 20.3 Å². The smallest absolute Gasteiger partial charge is 0.258 e. The molecule has 0 spiro atoms. The van der Waals surface area contributed by atoms with Gasteiger partial charge in [0.1, 0.15) is 29.0 Å². The van der Waals surface area contributed by atoms with Crippen molar-refractivity contribution in [2.24, 2.45) is 0 Å². The highest BCUT2D eigenvalue weighted by molar-refractivity contribution is 6.04. The van der Waals surface area contributed by atoms with Gasteiger partial charge in [-0.3, -0.25) is 4.79 Å². The van der Waals surface area contributed by atoms with Crippen molar-refractivity contribution in [2.75, 3.05) is 33.8 Å². The van der Waals surface area contributed by atoms with E-state index >= 15 is 0 Å². The van der Waals surface area contributed by atoms with Crippen LogP contribution < -0.4 is 24.3 Å². The lowest BCUT2D eigenvalue weighted by molar-refractivity contribution is 0.0766. The molecular formula is C29H26F2N4O5. The van der Waals surface area contributed by atoms with Crippen LogP contribution in [0.5, 0.6) is 23.1 Å². The number of hydrogen-bond acceptors (Lipinski definition) is 8. The molecule has 206 valence electrons. The fourth-order valence-corrected chi connectivity index (χ4v) is 4.58. The number of hydrogen-bond donors (Lipinski definition) is 1. The molecule has 40 heavy (non-hydrogen) atoms. The maximum absolute atomic E-state index is 14.8. The van der Waals surface area contributed by atoms with Crippen LogP contribution in [0.3, 0.4) is 0 Å². The van der Waals surface area contributed by atoms with Crippen LogP contribution in [-0.2, 0) is 13.1 Å². The Balaban J connectivity index is 1.58. The number of ether oxygens (including phenoxy) is 4. The molecule has 2 aromatic carbocycles. The maximum Gasteiger partial charge on any atom is 0.258 e. The van der Waals surface area contributed by atoms with E-state index in [1.54, 1.807) is 36.3 Å². The minimum Gasteiger partial charge on any atom is -0.497 e. The van der Waals surface area contributed by atoms with Gasteiger partial charge in [0.25, 0.3) is 11.8 Å². The number of carbonyl (C=O) groups excluding carboxylic acids is 1. The Labute approximate surface area is 229 Å². The van der Waals surface area contributed by atoms with E-state index < -0.39 is 11.6 Å². The number of pyridine rings is 2. The number of rotatable bonds is 9. The van der Waals surface area contributed by atoms with E-state index in [0.29, 0.717) is 28.8 Å². The minimum absolute atomic E-state index is 0.0361. The van der Waals surface area contributed by atoms with Gasteiger partial charge in [-0.05, 0) is 42.5 Å². The van der Waals surface area contributed by atoms with Gasteiger partial charge >= 0.3 is 0 Å². The second-order valence-corrected chi connectivity index (χ2v) is 8.85. The highest BCUT2D eigenvalue weighted by Crippen LogP contribution is 2.37. The van der Waals surface area contributed by atoms with E-state index in [1.807, 2.05) is 6.07 Å². The average molecular weight is 549 g/mol. The molecule has 11 heteroatoms. The van der Waals surface area contributed by atoms with E-state index in [-0.39, 0.29) is 47.4 Å². The number of nitrogens with zero attached hydrogens (tertiary/aromatic N) is 3. The summed E-state index contributed by atoms with van der Waals surface area (Å²) in [7, 11) is 6.03. The fraction of sp³-hybridized carbons (Fsp3) is 0.207. The summed E-state index contributed by atoms with van der Waals surface area (Å²) in [5.41, 5.74) is 1.41. The van der Waals surface area contributed by atoms with Crippen molar-refractivity contribution < 1.29 is 32.5 Å². The van der Waals surface area contributed by atoms with Crippen LogP contribution in [0.1, 0.15) is 21.6 Å². The van der Waals surface area contributed by atoms with E-state index in [0.717, 1.165) is 17.7 Å². The second-order valence-electron chi connectivity index (χ2n) is 8.85. The SMILES string of the molecule is COc1ccc(CN2Cc3nc(-c4c(F)cccc4F)cc(Nc4ccc(OC)c(OC)n4)c3C2=O)c(OC)c1. The lowest BCUT2D eigenvalue weighted by Gasteiger charge is -2.18. The van der Waals surface area contributed by atoms with E-state index in [2.05, 4.69) is 15.3 Å². The van der Waals surface area contributed by atoms with Gasteiger partial charge in [-0.2, -0.15) is 4.98 Å². The molecule has 0 aliphatic carbocycles. The summed E-state index contributed by atoms with van der Waals surface area (Å²) in [6, 6.07) is 13.6. The van der Waals surface area contributed by atoms with Crippen molar-refractivity contribution in [1.82, 2.24) is 14.9 Å². The topological polar surface area (TPSA) is 95.0 Å². The summed E-state index contributed by atoms with van der Waals surface area (Å²) in [4.78, 5) is 24.2. The third-order valence-electron chi connectivity index (χ3n) is 6.51. The number of benzene rings is 2. The molecule has 1 N–H and O–H groups in total. The number of methoxy groups -OCH3 is 4. The predicted molar refractivity (Wildman–Crippen MR) is 143 cm³/mol. The zero-order valence-electron chi connectivity index (χ0n) is 22.2. The summed E-state index contributed by atoms with van der Waals surface area (Å²) >= 11 is 0. The van der Waals surface area contributed by atoms with Crippen LogP contribution in [0.15, 0.2) is 54.6 Å². The molecule has 1 aliphatic rings. The monoisotopic (exact) mass is 548 g/mol. The van der Waals surface area contributed by atoms with E-state index in [9.17, 15) is 13.6 Å². The van der Waals surface area contributed by atoms with Crippen molar-refractivity contribution in [2.45, 2.75) is 13.1 Å². The minimum atomic E-state index is -0.771. The van der Waals surface area contributed by atoms with Gasteiger partial charge in [0.05, 0.1) is 69.7 Å². The standard InChI is InChI=1S/C29H26F2N4O5/c1-37-17-9-8-16(24(12-17)39-3)14-35-15-22-27(29(35)36)21(33-25-11-10-23(38-2)28(34-25)40-4)13-20(32-22)26-18(30)6-5-7-19(26)31/h5-13H,14-15H2,1-4H3,(H,32,33,34). The Morgan fingerprint density at radius 3 is 2.27 bits per heavy atom. The molecule has 1 amide bonds.